The molecule has 0 radical (unpaired) electrons. The van der Waals surface area contributed by atoms with Gasteiger partial charge in [-0.25, -0.2) is 9.37 Å². The zero-order valence-electron chi connectivity index (χ0n) is 10.4. The van der Waals surface area contributed by atoms with E-state index >= 15 is 0 Å². The number of benzene rings is 1. The number of hydrogen-bond acceptors (Lipinski definition) is 3. The van der Waals surface area contributed by atoms with Crippen molar-refractivity contribution in [1.82, 2.24) is 15.3 Å². The number of hydrogen-bond donors (Lipinski definition) is 3. The van der Waals surface area contributed by atoms with Gasteiger partial charge in [-0.05, 0) is 34.1 Å². The summed E-state index contributed by atoms with van der Waals surface area (Å²) < 4.78 is 13.8. The zero-order chi connectivity index (χ0) is 14.1. The van der Waals surface area contributed by atoms with Gasteiger partial charge in [-0.3, -0.25) is 10.1 Å². The maximum absolute atomic E-state index is 13.2. The van der Waals surface area contributed by atoms with Crippen molar-refractivity contribution in [2.75, 3.05) is 5.32 Å². The van der Waals surface area contributed by atoms with Gasteiger partial charge in [-0.15, -0.1) is 0 Å². The molecule has 0 saturated carbocycles. The topological polar surface area (TPSA) is 69.8 Å². The Morgan fingerprint density at radius 3 is 3.20 bits per heavy atom. The first kappa shape index (κ1) is 13.3. The van der Waals surface area contributed by atoms with E-state index in [1.165, 1.54) is 12.1 Å². The molecule has 2 aromatic rings. The molecule has 1 unspecified atom stereocenters. The van der Waals surface area contributed by atoms with Gasteiger partial charge >= 0.3 is 0 Å². The van der Waals surface area contributed by atoms with Gasteiger partial charge < -0.3 is 10.3 Å². The van der Waals surface area contributed by atoms with E-state index in [9.17, 15) is 9.18 Å². The number of anilines is 1. The molecule has 0 fully saturated rings. The molecular formula is C13H12BrFN4O. The molecule has 3 N–H and O–H groups in total. The van der Waals surface area contributed by atoms with Crippen molar-refractivity contribution < 1.29 is 9.18 Å². The van der Waals surface area contributed by atoms with Gasteiger partial charge in [0, 0.05) is 17.4 Å². The summed E-state index contributed by atoms with van der Waals surface area (Å²) in [6.45, 7) is 0.567. The van der Waals surface area contributed by atoms with Crippen molar-refractivity contribution in [3.8, 4) is 0 Å². The number of rotatable bonds is 2. The number of amides is 1. The number of carbonyl (C=O) groups is 1. The van der Waals surface area contributed by atoms with Crippen molar-refractivity contribution in [2.24, 2.45) is 0 Å². The molecule has 3 rings (SSSR count). The van der Waals surface area contributed by atoms with Crippen molar-refractivity contribution in [3.05, 3.63) is 46.2 Å². The second-order valence-corrected chi connectivity index (χ2v) is 5.43. The SMILES string of the molecule is O=C(Nc1cc(F)ccc1Br)C1Cc2nc[nH]c2CN1. The van der Waals surface area contributed by atoms with Crippen molar-refractivity contribution in [2.45, 2.75) is 19.0 Å². The molecule has 20 heavy (non-hydrogen) atoms. The number of nitrogens with one attached hydrogen (secondary N) is 3. The average molecular weight is 339 g/mol. The quantitative estimate of drug-likeness (QED) is 0.784. The minimum Gasteiger partial charge on any atom is -0.347 e. The molecular weight excluding hydrogens is 327 g/mol. The summed E-state index contributed by atoms with van der Waals surface area (Å²) in [6.07, 6.45) is 2.13. The number of fused-ring (bicyclic) bond motifs is 1. The van der Waals surface area contributed by atoms with Crippen LogP contribution in [0.25, 0.3) is 0 Å². The Morgan fingerprint density at radius 1 is 1.50 bits per heavy atom. The minimum atomic E-state index is -0.394. The van der Waals surface area contributed by atoms with Crippen LogP contribution in [0.2, 0.25) is 0 Å². The van der Waals surface area contributed by atoms with Crippen LogP contribution in [0.3, 0.4) is 0 Å². The number of aromatic amines is 1. The summed E-state index contributed by atoms with van der Waals surface area (Å²) in [6, 6.07) is 3.80. The average Bonchev–Trinajstić information content (AvgIpc) is 2.90. The molecule has 1 aliphatic rings. The predicted molar refractivity (Wildman–Crippen MR) is 75.6 cm³/mol. The highest BCUT2D eigenvalue weighted by Crippen LogP contribution is 2.23. The van der Waals surface area contributed by atoms with Gasteiger partial charge in [0.15, 0.2) is 0 Å². The van der Waals surface area contributed by atoms with Crippen LogP contribution in [0, 0.1) is 5.82 Å². The standard InChI is InChI=1S/C13H12BrFN4O/c14-8-2-1-7(15)3-9(8)19-13(20)11-4-10-12(5-16-11)18-6-17-10/h1-3,6,11,16H,4-5H2,(H,17,18)(H,19,20). The van der Waals surface area contributed by atoms with Crippen LogP contribution < -0.4 is 10.6 Å². The van der Waals surface area contributed by atoms with E-state index in [2.05, 4.69) is 36.5 Å². The Kier molecular flexibility index (Phi) is 3.54. The third-order valence-electron chi connectivity index (χ3n) is 3.23. The minimum absolute atomic E-state index is 0.204. The van der Waals surface area contributed by atoms with E-state index in [1.807, 2.05) is 0 Å². The van der Waals surface area contributed by atoms with Crippen LogP contribution in [0.15, 0.2) is 29.0 Å². The van der Waals surface area contributed by atoms with Gasteiger partial charge in [0.25, 0.3) is 0 Å². The van der Waals surface area contributed by atoms with Gasteiger partial charge in [-0.1, -0.05) is 0 Å². The van der Waals surface area contributed by atoms with E-state index in [0.717, 1.165) is 11.4 Å². The monoisotopic (exact) mass is 338 g/mol. The predicted octanol–water partition coefficient (Wildman–Crippen LogP) is 1.96. The molecule has 1 atom stereocenters. The summed E-state index contributed by atoms with van der Waals surface area (Å²) in [5.41, 5.74) is 2.31. The normalized spacial score (nSPS) is 17.6. The summed E-state index contributed by atoms with van der Waals surface area (Å²) in [5.74, 6) is -0.598. The molecule has 0 bridgehead atoms. The maximum Gasteiger partial charge on any atom is 0.241 e. The first-order valence-corrected chi connectivity index (χ1v) is 6.93. The lowest BCUT2D eigenvalue weighted by atomic mass is 10.0. The second kappa shape index (κ2) is 5.34. The zero-order valence-corrected chi connectivity index (χ0v) is 12.0. The Bertz CT molecular complexity index is 658. The van der Waals surface area contributed by atoms with E-state index < -0.39 is 5.82 Å². The number of H-pyrrole nitrogens is 1. The highest BCUT2D eigenvalue weighted by molar-refractivity contribution is 9.10. The molecule has 5 nitrogen and oxygen atoms in total. The van der Waals surface area contributed by atoms with Crippen LogP contribution in [-0.2, 0) is 17.8 Å². The van der Waals surface area contributed by atoms with Gasteiger partial charge in [0.05, 0.1) is 29.4 Å². The molecule has 0 saturated heterocycles. The van der Waals surface area contributed by atoms with Gasteiger partial charge in [-0.2, -0.15) is 0 Å². The summed E-state index contributed by atoms with van der Waals surface area (Å²) in [7, 11) is 0. The molecule has 1 amide bonds. The highest BCUT2D eigenvalue weighted by Gasteiger charge is 2.26. The molecule has 7 heteroatoms. The summed E-state index contributed by atoms with van der Waals surface area (Å²) in [4.78, 5) is 19.4. The fraction of sp³-hybridized carbons (Fsp3) is 0.231. The number of halogens is 2. The van der Waals surface area contributed by atoms with E-state index in [1.54, 1.807) is 12.4 Å². The molecule has 1 aromatic heterocycles. The largest absolute Gasteiger partial charge is 0.347 e. The number of carbonyl (C=O) groups excluding carboxylic acids is 1. The maximum atomic E-state index is 13.2. The molecule has 2 heterocycles. The fourth-order valence-corrected chi connectivity index (χ4v) is 2.51. The second-order valence-electron chi connectivity index (χ2n) is 4.58. The van der Waals surface area contributed by atoms with Gasteiger partial charge in [0.1, 0.15) is 5.82 Å². The summed E-state index contributed by atoms with van der Waals surface area (Å²) in [5, 5.41) is 5.84. The van der Waals surface area contributed by atoms with Crippen molar-refractivity contribution in [3.63, 3.8) is 0 Å². The number of imidazole rings is 1. The Balaban J connectivity index is 1.73. The van der Waals surface area contributed by atoms with Gasteiger partial charge in [0.2, 0.25) is 5.91 Å². The number of nitrogens with zero attached hydrogens (tertiary/aromatic N) is 1. The van der Waals surface area contributed by atoms with Crippen molar-refractivity contribution >= 4 is 27.5 Å². The van der Waals surface area contributed by atoms with Crippen LogP contribution in [0.5, 0.6) is 0 Å². The van der Waals surface area contributed by atoms with Crippen LogP contribution in [0.4, 0.5) is 10.1 Å². The first-order valence-electron chi connectivity index (χ1n) is 6.14. The van der Waals surface area contributed by atoms with Crippen LogP contribution >= 0.6 is 15.9 Å². The smallest absolute Gasteiger partial charge is 0.241 e. The first-order chi connectivity index (χ1) is 9.63. The lowest BCUT2D eigenvalue weighted by molar-refractivity contribution is -0.118. The lowest BCUT2D eigenvalue weighted by Gasteiger charge is -2.22. The summed E-state index contributed by atoms with van der Waals surface area (Å²) >= 11 is 3.28. The molecule has 1 aliphatic heterocycles. The third kappa shape index (κ3) is 2.59. The lowest BCUT2D eigenvalue weighted by Crippen LogP contribution is -2.44. The van der Waals surface area contributed by atoms with Crippen LogP contribution in [-0.4, -0.2) is 21.9 Å². The third-order valence-corrected chi connectivity index (χ3v) is 3.92. The molecule has 0 spiro atoms. The fourth-order valence-electron chi connectivity index (χ4n) is 2.17. The van der Waals surface area contributed by atoms with E-state index in [0.29, 0.717) is 23.1 Å². The highest BCUT2D eigenvalue weighted by atomic mass is 79.9. The molecule has 0 aliphatic carbocycles. The Hall–Kier alpha value is -1.73. The van der Waals surface area contributed by atoms with E-state index in [4.69, 9.17) is 0 Å². The van der Waals surface area contributed by atoms with E-state index in [-0.39, 0.29) is 11.9 Å². The Labute approximate surface area is 123 Å². The Morgan fingerprint density at radius 2 is 2.35 bits per heavy atom. The number of aromatic nitrogens is 2. The van der Waals surface area contributed by atoms with Crippen LogP contribution in [0.1, 0.15) is 11.4 Å². The molecule has 1 aromatic carbocycles. The molecule has 104 valence electrons. The van der Waals surface area contributed by atoms with Crippen molar-refractivity contribution in [1.29, 1.82) is 0 Å².